The van der Waals surface area contributed by atoms with Gasteiger partial charge < -0.3 is 10.1 Å². The Morgan fingerprint density at radius 2 is 2.00 bits per heavy atom. The van der Waals surface area contributed by atoms with Gasteiger partial charge in [0, 0.05) is 6.54 Å². The number of esters is 1. The Kier molecular flexibility index (Phi) is 6.71. The number of halogens is 1. The van der Waals surface area contributed by atoms with Crippen molar-refractivity contribution >= 4 is 23.2 Å². The Bertz CT molecular complexity index is 968. The van der Waals surface area contributed by atoms with Crippen LogP contribution in [0.2, 0.25) is 0 Å². The van der Waals surface area contributed by atoms with Crippen molar-refractivity contribution in [3.05, 3.63) is 53.4 Å². The molecule has 0 saturated carbocycles. The van der Waals surface area contributed by atoms with Gasteiger partial charge in [-0.3, -0.25) is 4.79 Å². The molecule has 0 atom stereocenters. The van der Waals surface area contributed by atoms with Crippen LogP contribution in [0, 0.1) is 11.7 Å². The lowest BCUT2D eigenvalue weighted by atomic mass is 10.1. The minimum Gasteiger partial charge on any atom is -0.450 e. The third-order valence-electron chi connectivity index (χ3n) is 3.98. The molecule has 0 aliphatic carbocycles. The fraction of sp³-hybridized carbons (Fsp3) is 0.300. The van der Waals surface area contributed by atoms with Crippen LogP contribution in [0.4, 0.5) is 4.39 Å². The Labute approximate surface area is 171 Å². The summed E-state index contributed by atoms with van der Waals surface area (Å²) in [5, 5.41) is 8.78. The van der Waals surface area contributed by atoms with E-state index in [1.54, 1.807) is 12.1 Å². The van der Waals surface area contributed by atoms with Gasteiger partial charge in [-0.25, -0.2) is 13.9 Å². The van der Waals surface area contributed by atoms with Gasteiger partial charge in [-0.05, 0) is 48.1 Å². The molecule has 1 amide bonds. The summed E-state index contributed by atoms with van der Waals surface area (Å²) in [7, 11) is 0. The highest BCUT2D eigenvalue weighted by Crippen LogP contribution is 2.25. The van der Waals surface area contributed by atoms with Gasteiger partial charge in [0.05, 0.1) is 10.6 Å². The molecule has 1 N–H and O–H groups in total. The van der Waals surface area contributed by atoms with Crippen molar-refractivity contribution in [3.63, 3.8) is 0 Å². The molecule has 3 aromatic rings. The number of carbonyl (C=O) groups is 2. The summed E-state index contributed by atoms with van der Waals surface area (Å²) in [4.78, 5) is 29.2. The van der Waals surface area contributed by atoms with Crippen molar-refractivity contribution in [1.82, 2.24) is 20.1 Å². The second-order valence-corrected chi connectivity index (χ2v) is 7.68. The number of hydrogen-bond acceptors (Lipinski definition) is 6. The number of nitrogens with zero attached hydrogens (tertiary/aromatic N) is 3. The molecule has 3 rings (SSSR count). The zero-order valence-corrected chi connectivity index (χ0v) is 16.9. The van der Waals surface area contributed by atoms with E-state index in [9.17, 15) is 14.0 Å². The average Bonchev–Trinajstić information content (AvgIpc) is 3.36. The molecule has 0 unspecified atom stereocenters. The van der Waals surface area contributed by atoms with Gasteiger partial charge in [0.1, 0.15) is 5.82 Å². The van der Waals surface area contributed by atoms with Gasteiger partial charge in [0.25, 0.3) is 11.7 Å². The zero-order chi connectivity index (χ0) is 20.8. The SMILES string of the molecule is CC(C)CCNC(=O)COC(=O)c1nc(-c2cccs2)n(-c2ccc(F)cc2)n1. The third-order valence-corrected chi connectivity index (χ3v) is 4.85. The predicted octanol–water partition coefficient (Wildman–Crippen LogP) is 3.45. The first kappa shape index (κ1) is 20.7. The molecule has 29 heavy (non-hydrogen) atoms. The lowest BCUT2D eigenvalue weighted by Crippen LogP contribution is -2.30. The second-order valence-electron chi connectivity index (χ2n) is 6.73. The number of ether oxygens (including phenoxy) is 1. The largest absolute Gasteiger partial charge is 0.450 e. The summed E-state index contributed by atoms with van der Waals surface area (Å²) in [5.41, 5.74) is 0.549. The molecule has 7 nitrogen and oxygen atoms in total. The maximum absolute atomic E-state index is 13.3. The topological polar surface area (TPSA) is 86.1 Å². The molecule has 0 fully saturated rings. The van der Waals surface area contributed by atoms with Crippen LogP contribution in [-0.4, -0.2) is 39.8 Å². The molecule has 1 aromatic carbocycles. The van der Waals surface area contributed by atoms with Crippen LogP contribution in [0.15, 0.2) is 41.8 Å². The van der Waals surface area contributed by atoms with Crippen LogP contribution < -0.4 is 5.32 Å². The van der Waals surface area contributed by atoms with Crippen LogP contribution in [0.5, 0.6) is 0 Å². The van der Waals surface area contributed by atoms with Crippen molar-refractivity contribution in [3.8, 4) is 16.4 Å². The highest BCUT2D eigenvalue weighted by atomic mass is 32.1. The molecule has 152 valence electrons. The van der Waals surface area contributed by atoms with Gasteiger partial charge in [-0.2, -0.15) is 4.98 Å². The minimum absolute atomic E-state index is 0.173. The molecule has 9 heteroatoms. The molecular weight excluding hydrogens is 395 g/mol. The van der Waals surface area contributed by atoms with Gasteiger partial charge in [-0.15, -0.1) is 16.4 Å². The molecule has 0 aliphatic heterocycles. The normalized spacial score (nSPS) is 10.9. The van der Waals surface area contributed by atoms with Crippen LogP contribution in [0.3, 0.4) is 0 Å². The summed E-state index contributed by atoms with van der Waals surface area (Å²) in [6.45, 7) is 4.23. The Hall–Kier alpha value is -3.07. The maximum atomic E-state index is 13.3. The van der Waals surface area contributed by atoms with E-state index < -0.39 is 12.6 Å². The van der Waals surface area contributed by atoms with E-state index in [-0.39, 0.29) is 17.5 Å². The van der Waals surface area contributed by atoms with Crippen LogP contribution in [0.1, 0.15) is 30.9 Å². The fourth-order valence-electron chi connectivity index (χ4n) is 2.47. The van der Waals surface area contributed by atoms with Gasteiger partial charge in [0.2, 0.25) is 0 Å². The van der Waals surface area contributed by atoms with Gasteiger partial charge >= 0.3 is 5.97 Å². The third kappa shape index (κ3) is 5.47. The number of aromatic nitrogens is 3. The van der Waals surface area contributed by atoms with Crippen molar-refractivity contribution in [2.75, 3.05) is 13.2 Å². The molecule has 0 radical (unpaired) electrons. The molecule has 0 bridgehead atoms. The van der Waals surface area contributed by atoms with E-state index in [1.807, 2.05) is 17.5 Å². The lowest BCUT2D eigenvalue weighted by molar-refractivity contribution is -0.124. The smallest absolute Gasteiger partial charge is 0.378 e. The summed E-state index contributed by atoms with van der Waals surface area (Å²) < 4.78 is 19.8. The van der Waals surface area contributed by atoms with E-state index in [0.29, 0.717) is 24.0 Å². The molecule has 2 aromatic heterocycles. The van der Waals surface area contributed by atoms with E-state index in [0.717, 1.165) is 11.3 Å². The Balaban J connectivity index is 1.74. The van der Waals surface area contributed by atoms with Gasteiger partial charge in [-0.1, -0.05) is 19.9 Å². The summed E-state index contributed by atoms with van der Waals surface area (Å²) >= 11 is 1.43. The van der Waals surface area contributed by atoms with Crippen molar-refractivity contribution in [2.24, 2.45) is 5.92 Å². The van der Waals surface area contributed by atoms with Crippen molar-refractivity contribution < 1.29 is 18.7 Å². The van der Waals surface area contributed by atoms with Crippen LogP contribution >= 0.6 is 11.3 Å². The fourth-order valence-corrected chi connectivity index (χ4v) is 3.17. The number of amides is 1. The first-order valence-corrected chi connectivity index (χ1v) is 10.0. The zero-order valence-electron chi connectivity index (χ0n) is 16.1. The molecule has 0 saturated heterocycles. The maximum Gasteiger partial charge on any atom is 0.378 e. The number of nitrogens with one attached hydrogen (secondary N) is 1. The second kappa shape index (κ2) is 9.42. The van der Waals surface area contributed by atoms with E-state index in [1.165, 1.54) is 28.2 Å². The van der Waals surface area contributed by atoms with Crippen molar-refractivity contribution in [2.45, 2.75) is 20.3 Å². The first-order valence-electron chi connectivity index (χ1n) is 9.14. The molecular formula is C20H21FN4O3S. The quantitative estimate of drug-likeness (QED) is 0.569. The van der Waals surface area contributed by atoms with Crippen LogP contribution in [-0.2, 0) is 9.53 Å². The van der Waals surface area contributed by atoms with Gasteiger partial charge in [0.15, 0.2) is 12.4 Å². The number of thiophene rings is 1. The monoisotopic (exact) mass is 416 g/mol. The number of carbonyl (C=O) groups excluding carboxylic acids is 2. The summed E-state index contributed by atoms with van der Waals surface area (Å²) in [6.07, 6.45) is 0.841. The molecule has 0 spiro atoms. The molecule has 2 heterocycles. The summed E-state index contributed by atoms with van der Waals surface area (Å²) in [5.74, 6) is -0.839. The highest BCUT2D eigenvalue weighted by molar-refractivity contribution is 7.13. The highest BCUT2D eigenvalue weighted by Gasteiger charge is 2.21. The lowest BCUT2D eigenvalue weighted by Gasteiger charge is -2.07. The Morgan fingerprint density at radius 3 is 2.66 bits per heavy atom. The number of rotatable bonds is 8. The van der Waals surface area contributed by atoms with E-state index in [2.05, 4.69) is 29.2 Å². The average molecular weight is 416 g/mol. The van der Waals surface area contributed by atoms with Crippen molar-refractivity contribution in [1.29, 1.82) is 0 Å². The standard InChI is InChI=1S/C20H21FN4O3S/c1-13(2)9-10-22-17(26)12-28-20(27)18-23-19(16-4-3-11-29-16)25(24-18)15-7-5-14(21)6-8-15/h3-8,11,13H,9-10,12H2,1-2H3,(H,22,26). The summed E-state index contributed by atoms with van der Waals surface area (Å²) in [6, 6.07) is 9.37. The Morgan fingerprint density at radius 1 is 1.24 bits per heavy atom. The predicted molar refractivity (Wildman–Crippen MR) is 107 cm³/mol. The van der Waals surface area contributed by atoms with Crippen LogP contribution in [0.25, 0.3) is 16.4 Å². The molecule has 0 aliphatic rings. The number of benzene rings is 1. The minimum atomic E-state index is -0.803. The first-order chi connectivity index (χ1) is 13.9. The van der Waals surface area contributed by atoms with E-state index in [4.69, 9.17) is 4.74 Å². The van der Waals surface area contributed by atoms with E-state index >= 15 is 0 Å². The number of hydrogen-bond donors (Lipinski definition) is 1.